The third kappa shape index (κ3) is 2.82. The maximum Gasteiger partial charge on any atom is 0.263 e. The van der Waals surface area contributed by atoms with Crippen molar-refractivity contribution in [2.45, 2.75) is 6.92 Å². The van der Waals surface area contributed by atoms with Crippen LogP contribution < -0.4 is 10.9 Å². The first-order valence-corrected chi connectivity index (χ1v) is 5.29. The molecule has 0 saturated carbocycles. The van der Waals surface area contributed by atoms with Crippen molar-refractivity contribution in [3.8, 4) is 0 Å². The van der Waals surface area contributed by atoms with Crippen LogP contribution in [0.2, 0.25) is 0 Å². The molecule has 2 aromatic rings. The van der Waals surface area contributed by atoms with Gasteiger partial charge in [0.25, 0.3) is 11.5 Å². The van der Waals surface area contributed by atoms with Crippen LogP contribution in [0.1, 0.15) is 16.2 Å². The Morgan fingerprint density at radius 2 is 2.05 bits per heavy atom. The molecule has 0 saturated heterocycles. The number of anilines is 1. The summed E-state index contributed by atoms with van der Waals surface area (Å²) in [5, 5.41) is 2.28. The molecule has 7 heteroatoms. The van der Waals surface area contributed by atoms with Crippen molar-refractivity contribution in [2.24, 2.45) is 0 Å². The summed E-state index contributed by atoms with van der Waals surface area (Å²) >= 11 is 0. The second-order valence-electron chi connectivity index (χ2n) is 3.79. The Labute approximate surface area is 106 Å². The van der Waals surface area contributed by atoms with Gasteiger partial charge in [0.1, 0.15) is 11.4 Å². The first-order valence-electron chi connectivity index (χ1n) is 5.29. The normalized spacial score (nSPS) is 10.3. The van der Waals surface area contributed by atoms with Gasteiger partial charge in [-0.1, -0.05) is 0 Å². The number of benzene rings is 1. The first-order chi connectivity index (χ1) is 8.97. The zero-order valence-corrected chi connectivity index (χ0v) is 9.83. The fourth-order valence-corrected chi connectivity index (χ4v) is 1.42. The minimum atomic E-state index is -1.09. The van der Waals surface area contributed by atoms with E-state index in [4.69, 9.17) is 0 Å². The average molecular weight is 265 g/mol. The number of amides is 1. The molecule has 0 atom stereocenters. The summed E-state index contributed by atoms with van der Waals surface area (Å²) in [6.07, 6.45) is 1.11. The Morgan fingerprint density at radius 1 is 1.32 bits per heavy atom. The van der Waals surface area contributed by atoms with Gasteiger partial charge in [0.05, 0.1) is 0 Å². The maximum atomic E-state index is 13.0. The molecule has 1 heterocycles. The number of nitrogens with one attached hydrogen (secondary N) is 2. The highest BCUT2D eigenvalue weighted by molar-refractivity contribution is 6.03. The minimum absolute atomic E-state index is 0.0453. The van der Waals surface area contributed by atoms with Gasteiger partial charge in [0, 0.05) is 18.0 Å². The van der Waals surface area contributed by atoms with Crippen LogP contribution in [0.4, 0.5) is 14.5 Å². The number of aromatic amines is 1. The van der Waals surface area contributed by atoms with Crippen LogP contribution in [0, 0.1) is 18.6 Å². The first kappa shape index (κ1) is 12.9. The molecule has 0 fully saturated rings. The molecule has 2 N–H and O–H groups in total. The molecule has 0 aliphatic heterocycles. The molecule has 98 valence electrons. The number of rotatable bonds is 2. The summed E-state index contributed by atoms with van der Waals surface area (Å²) in [6.45, 7) is 1.57. The Kier molecular flexibility index (Phi) is 3.37. The molecule has 0 unspecified atom stereocenters. The van der Waals surface area contributed by atoms with Gasteiger partial charge in [-0.15, -0.1) is 0 Å². The van der Waals surface area contributed by atoms with E-state index < -0.39 is 23.1 Å². The van der Waals surface area contributed by atoms with Crippen LogP contribution in [0.5, 0.6) is 0 Å². The lowest BCUT2D eigenvalue weighted by Crippen LogP contribution is -2.24. The lowest BCUT2D eigenvalue weighted by Gasteiger charge is -2.05. The SMILES string of the molecule is Cc1ncc(C(=O)Nc2ccc(F)c(F)c2)c(=O)[nH]1. The van der Waals surface area contributed by atoms with E-state index in [1.54, 1.807) is 6.92 Å². The van der Waals surface area contributed by atoms with E-state index in [9.17, 15) is 18.4 Å². The molecule has 1 amide bonds. The highest BCUT2D eigenvalue weighted by Crippen LogP contribution is 2.13. The lowest BCUT2D eigenvalue weighted by molar-refractivity contribution is 0.102. The molecular weight excluding hydrogens is 256 g/mol. The summed E-state index contributed by atoms with van der Waals surface area (Å²) < 4.78 is 25.7. The van der Waals surface area contributed by atoms with E-state index in [0.717, 1.165) is 18.3 Å². The van der Waals surface area contributed by atoms with Crippen molar-refractivity contribution >= 4 is 11.6 Å². The molecule has 1 aromatic carbocycles. The second-order valence-corrected chi connectivity index (χ2v) is 3.79. The van der Waals surface area contributed by atoms with Gasteiger partial charge in [-0.2, -0.15) is 0 Å². The Hall–Kier alpha value is -2.57. The van der Waals surface area contributed by atoms with Crippen LogP contribution in [0.3, 0.4) is 0 Å². The minimum Gasteiger partial charge on any atom is -0.322 e. The van der Waals surface area contributed by atoms with Gasteiger partial charge in [-0.05, 0) is 19.1 Å². The zero-order chi connectivity index (χ0) is 14.0. The van der Waals surface area contributed by atoms with E-state index in [0.29, 0.717) is 5.82 Å². The molecular formula is C12H9F2N3O2. The van der Waals surface area contributed by atoms with E-state index in [1.165, 1.54) is 6.07 Å². The van der Waals surface area contributed by atoms with Gasteiger partial charge in [-0.3, -0.25) is 9.59 Å². The van der Waals surface area contributed by atoms with Crippen molar-refractivity contribution in [3.05, 3.63) is 57.8 Å². The number of hydrogen-bond acceptors (Lipinski definition) is 3. The van der Waals surface area contributed by atoms with Crippen LogP contribution in [-0.2, 0) is 0 Å². The summed E-state index contributed by atoms with van der Waals surface area (Å²) in [5.74, 6) is -2.49. The van der Waals surface area contributed by atoms with Gasteiger partial charge < -0.3 is 10.3 Å². The maximum absolute atomic E-state index is 13.0. The van der Waals surface area contributed by atoms with Crippen molar-refractivity contribution in [1.82, 2.24) is 9.97 Å². The van der Waals surface area contributed by atoms with E-state index in [1.807, 2.05) is 0 Å². The standard InChI is InChI=1S/C12H9F2N3O2/c1-6-15-5-8(11(18)16-6)12(19)17-7-2-3-9(13)10(14)4-7/h2-5H,1H3,(H,17,19)(H,15,16,18). The number of carbonyl (C=O) groups excluding carboxylic acids is 1. The predicted octanol–water partition coefficient (Wildman–Crippen LogP) is 1.61. The molecule has 0 bridgehead atoms. The second kappa shape index (κ2) is 4.97. The fraction of sp³-hybridized carbons (Fsp3) is 0.0833. The van der Waals surface area contributed by atoms with Crippen LogP contribution in [0.25, 0.3) is 0 Å². The summed E-state index contributed by atoms with van der Waals surface area (Å²) in [5.41, 5.74) is -0.771. The Morgan fingerprint density at radius 3 is 2.68 bits per heavy atom. The zero-order valence-electron chi connectivity index (χ0n) is 9.83. The van der Waals surface area contributed by atoms with E-state index >= 15 is 0 Å². The number of halogens is 2. The monoisotopic (exact) mass is 265 g/mol. The molecule has 0 radical (unpaired) electrons. The molecule has 0 spiro atoms. The Balaban J connectivity index is 2.25. The van der Waals surface area contributed by atoms with E-state index in [-0.39, 0.29) is 11.3 Å². The summed E-state index contributed by atoms with van der Waals surface area (Å²) in [6, 6.07) is 2.89. The van der Waals surface area contributed by atoms with Crippen molar-refractivity contribution in [1.29, 1.82) is 0 Å². The largest absolute Gasteiger partial charge is 0.322 e. The Bertz CT molecular complexity index is 698. The van der Waals surface area contributed by atoms with Gasteiger partial charge >= 0.3 is 0 Å². The quantitative estimate of drug-likeness (QED) is 0.866. The number of aryl methyl sites for hydroxylation is 1. The number of aromatic nitrogens is 2. The van der Waals surface area contributed by atoms with E-state index in [2.05, 4.69) is 15.3 Å². The van der Waals surface area contributed by atoms with Gasteiger partial charge in [0.2, 0.25) is 0 Å². The van der Waals surface area contributed by atoms with Crippen LogP contribution in [-0.4, -0.2) is 15.9 Å². The smallest absolute Gasteiger partial charge is 0.263 e. The predicted molar refractivity (Wildman–Crippen MR) is 63.9 cm³/mol. The fourth-order valence-electron chi connectivity index (χ4n) is 1.42. The van der Waals surface area contributed by atoms with Crippen LogP contribution in [0.15, 0.2) is 29.2 Å². The van der Waals surface area contributed by atoms with Crippen molar-refractivity contribution < 1.29 is 13.6 Å². The van der Waals surface area contributed by atoms with Crippen molar-refractivity contribution in [3.63, 3.8) is 0 Å². The highest BCUT2D eigenvalue weighted by Gasteiger charge is 2.12. The molecule has 19 heavy (non-hydrogen) atoms. The van der Waals surface area contributed by atoms with Crippen molar-refractivity contribution in [2.75, 3.05) is 5.32 Å². The summed E-state index contributed by atoms with van der Waals surface area (Å²) in [7, 11) is 0. The molecule has 0 aliphatic carbocycles. The molecule has 5 nitrogen and oxygen atoms in total. The number of carbonyl (C=O) groups is 1. The summed E-state index contributed by atoms with van der Waals surface area (Å²) in [4.78, 5) is 29.4. The number of hydrogen-bond donors (Lipinski definition) is 2. The molecule has 0 aliphatic rings. The highest BCUT2D eigenvalue weighted by atomic mass is 19.2. The number of H-pyrrole nitrogens is 1. The van der Waals surface area contributed by atoms with Gasteiger partial charge in [-0.25, -0.2) is 13.8 Å². The van der Waals surface area contributed by atoms with Crippen LogP contribution >= 0.6 is 0 Å². The molecule has 2 rings (SSSR count). The third-order valence-corrected chi connectivity index (χ3v) is 2.35. The number of nitrogens with zero attached hydrogens (tertiary/aromatic N) is 1. The average Bonchev–Trinajstić information content (AvgIpc) is 2.33. The third-order valence-electron chi connectivity index (χ3n) is 2.35. The topological polar surface area (TPSA) is 74.8 Å². The molecule has 1 aromatic heterocycles. The lowest BCUT2D eigenvalue weighted by atomic mass is 10.2. The van der Waals surface area contributed by atoms with Gasteiger partial charge in [0.15, 0.2) is 11.6 Å².